The second kappa shape index (κ2) is 10.1. The summed E-state index contributed by atoms with van der Waals surface area (Å²) in [5.41, 5.74) is 2.70. The first-order chi connectivity index (χ1) is 16.6. The van der Waals surface area contributed by atoms with Crippen molar-refractivity contribution in [3.63, 3.8) is 0 Å². The van der Waals surface area contributed by atoms with Gasteiger partial charge in [0.15, 0.2) is 5.78 Å². The van der Waals surface area contributed by atoms with Gasteiger partial charge in [-0.2, -0.15) is 5.10 Å². The van der Waals surface area contributed by atoms with Crippen molar-refractivity contribution in [1.29, 1.82) is 0 Å². The van der Waals surface area contributed by atoms with E-state index in [1.807, 2.05) is 29.9 Å². The number of ether oxygens (including phenoxy) is 2. The van der Waals surface area contributed by atoms with Crippen molar-refractivity contribution in [2.24, 2.45) is 5.92 Å². The molecule has 0 radical (unpaired) electrons. The summed E-state index contributed by atoms with van der Waals surface area (Å²) >= 11 is 0. The second-order valence-corrected chi connectivity index (χ2v) is 8.74. The zero-order chi connectivity index (χ0) is 25.2. The highest BCUT2D eigenvalue weighted by molar-refractivity contribution is 6.00. The number of amides is 1. The molecule has 186 valence electrons. The molecule has 1 aromatic heterocycles. The van der Waals surface area contributed by atoms with Crippen LogP contribution < -0.4 is 4.74 Å². The molecule has 1 fully saturated rings. The average Bonchev–Trinajstić information content (AvgIpc) is 3.15. The number of methoxy groups -OCH3 is 1. The van der Waals surface area contributed by atoms with Gasteiger partial charge in [0.05, 0.1) is 5.52 Å². The van der Waals surface area contributed by atoms with Crippen LogP contribution in [-0.2, 0) is 11.3 Å². The van der Waals surface area contributed by atoms with Gasteiger partial charge >= 0.3 is 6.36 Å². The van der Waals surface area contributed by atoms with Crippen LogP contribution in [0.2, 0.25) is 0 Å². The molecule has 2 heterocycles. The van der Waals surface area contributed by atoms with E-state index in [-0.39, 0.29) is 23.4 Å². The molecule has 0 N–H and O–H groups in total. The fourth-order valence-electron chi connectivity index (χ4n) is 4.23. The number of aryl methyl sites for hydroxylation is 1. The van der Waals surface area contributed by atoms with Crippen LogP contribution in [0.25, 0.3) is 10.9 Å². The van der Waals surface area contributed by atoms with Crippen LogP contribution in [-0.4, -0.2) is 59.5 Å². The van der Waals surface area contributed by atoms with Crippen LogP contribution in [0.3, 0.4) is 0 Å². The first-order valence-corrected chi connectivity index (χ1v) is 11.3. The summed E-state index contributed by atoms with van der Waals surface area (Å²) < 4.78 is 47.6. The summed E-state index contributed by atoms with van der Waals surface area (Å²) in [6, 6.07) is 8.71. The highest BCUT2D eigenvalue weighted by Gasteiger charge is 2.33. The fraction of sp³-hybridized carbons (Fsp3) is 0.400. The van der Waals surface area contributed by atoms with Crippen LogP contribution in [0.15, 0.2) is 42.6 Å². The van der Waals surface area contributed by atoms with Crippen LogP contribution >= 0.6 is 0 Å². The summed E-state index contributed by atoms with van der Waals surface area (Å²) in [5.74, 6) is -0.313. The number of rotatable bonds is 9. The van der Waals surface area contributed by atoms with Crippen molar-refractivity contribution in [2.45, 2.75) is 32.7 Å². The average molecular weight is 489 g/mol. The van der Waals surface area contributed by atoms with Crippen LogP contribution in [0.1, 0.15) is 39.1 Å². The van der Waals surface area contributed by atoms with Crippen molar-refractivity contribution in [1.82, 2.24) is 14.7 Å². The van der Waals surface area contributed by atoms with E-state index < -0.39 is 6.36 Å². The van der Waals surface area contributed by atoms with E-state index >= 15 is 0 Å². The number of carbonyl (C=O) groups is 2. The number of benzene rings is 2. The van der Waals surface area contributed by atoms with Crippen molar-refractivity contribution < 1.29 is 32.2 Å². The largest absolute Gasteiger partial charge is 0.573 e. The normalized spacial score (nSPS) is 14.3. The Balaban J connectivity index is 1.34. The molecule has 1 aliphatic rings. The van der Waals surface area contributed by atoms with Gasteiger partial charge in [-0.25, -0.2) is 0 Å². The van der Waals surface area contributed by atoms with Gasteiger partial charge in [0, 0.05) is 68.4 Å². The number of aromatic nitrogens is 2. The molecular formula is C25H26F3N3O4. The zero-order valence-electron chi connectivity index (χ0n) is 19.5. The Morgan fingerprint density at radius 1 is 1.14 bits per heavy atom. The van der Waals surface area contributed by atoms with Crippen molar-refractivity contribution in [2.75, 3.05) is 26.8 Å². The van der Waals surface area contributed by atoms with E-state index in [1.54, 1.807) is 12.0 Å². The van der Waals surface area contributed by atoms with Gasteiger partial charge in [0.25, 0.3) is 5.91 Å². The number of hydrogen-bond acceptors (Lipinski definition) is 5. The maximum absolute atomic E-state index is 12.6. The molecule has 4 rings (SSSR count). The van der Waals surface area contributed by atoms with E-state index in [0.29, 0.717) is 50.2 Å². The number of Topliss-reactive ketones (excluding diaryl/α,β-unsaturated/α-hetero) is 1. The predicted molar refractivity (Wildman–Crippen MR) is 122 cm³/mol. The lowest BCUT2D eigenvalue weighted by atomic mass is 9.98. The quantitative estimate of drug-likeness (QED) is 0.324. The molecule has 1 amide bonds. The minimum Gasteiger partial charge on any atom is -0.406 e. The molecule has 35 heavy (non-hydrogen) atoms. The minimum absolute atomic E-state index is 0.0837. The van der Waals surface area contributed by atoms with Gasteiger partial charge in [-0.15, -0.1) is 13.2 Å². The van der Waals surface area contributed by atoms with Gasteiger partial charge in [0.2, 0.25) is 0 Å². The molecule has 0 spiro atoms. The smallest absolute Gasteiger partial charge is 0.406 e. The lowest BCUT2D eigenvalue weighted by Crippen LogP contribution is -2.51. The molecule has 2 aromatic carbocycles. The molecule has 3 aromatic rings. The number of carbonyl (C=O) groups excluding carboxylic acids is 2. The van der Waals surface area contributed by atoms with Crippen LogP contribution in [0, 0.1) is 12.8 Å². The van der Waals surface area contributed by atoms with Gasteiger partial charge in [0.1, 0.15) is 5.75 Å². The van der Waals surface area contributed by atoms with Crippen LogP contribution in [0.4, 0.5) is 13.2 Å². The SMILES string of the molecule is COCCCC(=O)c1cc2cn(CC3CN(C(=O)c4ccc(OC(F)(F)F)cc4)C3)nc2cc1C. The highest BCUT2D eigenvalue weighted by Crippen LogP contribution is 2.26. The third-order valence-electron chi connectivity index (χ3n) is 5.98. The summed E-state index contributed by atoms with van der Waals surface area (Å²) in [5, 5.41) is 5.50. The molecule has 7 nitrogen and oxygen atoms in total. The molecule has 1 aliphatic heterocycles. The molecule has 0 saturated carbocycles. The maximum Gasteiger partial charge on any atom is 0.573 e. The lowest BCUT2D eigenvalue weighted by molar-refractivity contribution is -0.274. The summed E-state index contributed by atoms with van der Waals surface area (Å²) in [7, 11) is 1.61. The molecule has 0 bridgehead atoms. The number of ketones is 1. The van der Waals surface area contributed by atoms with Gasteiger partial charge in [-0.3, -0.25) is 14.3 Å². The topological polar surface area (TPSA) is 73.7 Å². The second-order valence-electron chi connectivity index (χ2n) is 8.74. The zero-order valence-corrected chi connectivity index (χ0v) is 19.5. The molecule has 0 unspecified atom stereocenters. The Kier molecular flexibility index (Phi) is 7.11. The summed E-state index contributed by atoms with van der Waals surface area (Å²) in [4.78, 5) is 26.8. The molecule has 1 saturated heterocycles. The first-order valence-electron chi connectivity index (χ1n) is 11.3. The number of nitrogens with zero attached hydrogens (tertiary/aromatic N) is 3. The third-order valence-corrected chi connectivity index (χ3v) is 5.98. The van der Waals surface area contributed by atoms with E-state index in [2.05, 4.69) is 9.84 Å². The summed E-state index contributed by atoms with van der Waals surface area (Å²) in [6.07, 6.45) is -1.76. The first kappa shape index (κ1) is 24.7. The van der Waals surface area contributed by atoms with E-state index in [4.69, 9.17) is 4.74 Å². The van der Waals surface area contributed by atoms with Crippen molar-refractivity contribution in [3.8, 4) is 5.75 Å². The minimum atomic E-state index is -4.77. The Labute approximate surface area is 200 Å². The number of halogens is 3. The maximum atomic E-state index is 12.6. The summed E-state index contributed by atoms with van der Waals surface area (Å²) in [6.45, 7) is 4.12. The van der Waals surface area contributed by atoms with E-state index in [1.165, 1.54) is 12.1 Å². The number of likely N-dealkylation sites (tertiary alicyclic amines) is 1. The van der Waals surface area contributed by atoms with Crippen molar-refractivity contribution in [3.05, 3.63) is 59.3 Å². The predicted octanol–water partition coefficient (Wildman–Crippen LogP) is 4.62. The van der Waals surface area contributed by atoms with E-state index in [9.17, 15) is 22.8 Å². The van der Waals surface area contributed by atoms with Gasteiger partial charge in [-0.05, 0) is 55.3 Å². The number of alkyl halides is 3. The van der Waals surface area contributed by atoms with Gasteiger partial charge in [-0.1, -0.05) is 0 Å². The monoisotopic (exact) mass is 489 g/mol. The highest BCUT2D eigenvalue weighted by atomic mass is 19.4. The fourth-order valence-corrected chi connectivity index (χ4v) is 4.23. The third kappa shape index (κ3) is 6.00. The lowest BCUT2D eigenvalue weighted by Gasteiger charge is -2.39. The van der Waals surface area contributed by atoms with Gasteiger partial charge < -0.3 is 14.4 Å². The molecule has 0 aliphatic carbocycles. The number of hydrogen-bond donors (Lipinski definition) is 0. The molecule has 10 heteroatoms. The molecule has 0 atom stereocenters. The Hall–Kier alpha value is -3.40. The number of fused-ring (bicyclic) bond motifs is 1. The Bertz CT molecular complexity index is 1220. The molecular weight excluding hydrogens is 463 g/mol. The van der Waals surface area contributed by atoms with Crippen LogP contribution in [0.5, 0.6) is 5.75 Å². The Morgan fingerprint density at radius 2 is 1.86 bits per heavy atom. The van der Waals surface area contributed by atoms with E-state index in [0.717, 1.165) is 28.6 Å². The Morgan fingerprint density at radius 3 is 2.51 bits per heavy atom. The van der Waals surface area contributed by atoms with Crippen molar-refractivity contribution >= 4 is 22.6 Å². The standard InChI is InChI=1S/C25H26F3N3O4/c1-16-10-22-19(11-21(16)23(32)4-3-9-34-2)15-31(29-22)14-17-12-30(13-17)24(33)18-5-7-20(8-6-18)35-25(26,27)28/h5-8,10-11,15,17H,3-4,9,12-14H2,1-2H3.